The van der Waals surface area contributed by atoms with Crippen molar-refractivity contribution in [1.29, 1.82) is 0 Å². The molecule has 116 valence electrons. The Morgan fingerprint density at radius 1 is 1.27 bits per heavy atom. The van der Waals surface area contributed by atoms with Crippen LogP contribution >= 0.6 is 0 Å². The Bertz CT molecular complexity index is 608. The molecular formula is C15H18N4O3. The number of aryl methyl sites for hydroxylation is 1. The van der Waals surface area contributed by atoms with E-state index in [0.29, 0.717) is 30.8 Å². The first-order valence-corrected chi connectivity index (χ1v) is 7.08. The quantitative estimate of drug-likeness (QED) is 0.789. The van der Waals surface area contributed by atoms with Gasteiger partial charge >= 0.3 is 5.97 Å². The molecule has 0 aliphatic heterocycles. The average molecular weight is 302 g/mol. The largest absolute Gasteiger partial charge is 0.462 e. The van der Waals surface area contributed by atoms with Gasteiger partial charge in [0, 0.05) is 12.1 Å². The second kappa shape index (κ2) is 7.92. The average Bonchev–Trinajstić information content (AvgIpc) is 3.05. The number of amides is 1. The minimum atomic E-state index is -0.356. The summed E-state index contributed by atoms with van der Waals surface area (Å²) in [6.45, 7) is 2.80. The van der Waals surface area contributed by atoms with Crippen molar-refractivity contribution < 1.29 is 14.3 Å². The van der Waals surface area contributed by atoms with Crippen LogP contribution in [0.1, 0.15) is 30.1 Å². The molecule has 7 heteroatoms. The lowest BCUT2D eigenvalue weighted by molar-refractivity contribution is -0.116. The Morgan fingerprint density at radius 2 is 2.05 bits per heavy atom. The highest BCUT2D eigenvalue weighted by Crippen LogP contribution is 2.11. The van der Waals surface area contributed by atoms with E-state index in [-0.39, 0.29) is 11.9 Å². The Balaban J connectivity index is 1.82. The van der Waals surface area contributed by atoms with Gasteiger partial charge in [0.2, 0.25) is 5.91 Å². The molecule has 2 rings (SSSR count). The van der Waals surface area contributed by atoms with E-state index in [0.717, 1.165) is 6.42 Å². The van der Waals surface area contributed by atoms with Crippen molar-refractivity contribution in [2.75, 3.05) is 11.9 Å². The molecule has 1 aromatic heterocycles. The standard InChI is InChI=1S/C15H18N4O3/c1-2-9-22-15(21)12-3-5-13(6-4-12)18-14(20)7-8-19-11-16-10-17-19/h3-6,10-11H,2,7-9H2,1H3,(H,18,20). The zero-order valence-electron chi connectivity index (χ0n) is 12.4. The molecule has 0 saturated heterocycles. The number of anilines is 1. The third-order valence-electron chi connectivity index (χ3n) is 2.88. The summed E-state index contributed by atoms with van der Waals surface area (Å²) in [5.74, 6) is -0.484. The molecule has 1 heterocycles. The highest BCUT2D eigenvalue weighted by molar-refractivity contribution is 5.93. The van der Waals surface area contributed by atoms with Crippen molar-refractivity contribution in [3.63, 3.8) is 0 Å². The lowest BCUT2D eigenvalue weighted by atomic mass is 10.2. The van der Waals surface area contributed by atoms with Gasteiger partial charge in [-0.1, -0.05) is 6.92 Å². The van der Waals surface area contributed by atoms with Crippen molar-refractivity contribution in [2.45, 2.75) is 26.3 Å². The fourth-order valence-electron chi connectivity index (χ4n) is 1.76. The molecule has 22 heavy (non-hydrogen) atoms. The van der Waals surface area contributed by atoms with E-state index < -0.39 is 0 Å². The molecule has 0 atom stereocenters. The number of hydrogen-bond donors (Lipinski definition) is 1. The lowest BCUT2D eigenvalue weighted by Gasteiger charge is -2.07. The van der Waals surface area contributed by atoms with Gasteiger partial charge in [-0.2, -0.15) is 5.10 Å². The summed E-state index contributed by atoms with van der Waals surface area (Å²) in [5, 5.41) is 6.69. The van der Waals surface area contributed by atoms with E-state index in [1.165, 1.54) is 6.33 Å². The number of aromatic nitrogens is 3. The summed E-state index contributed by atoms with van der Waals surface area (Å²) >= 11 is 0. The third kappa shape index (κ3) is 4.69. The van der Waals surface area contributed by atoms with Crippen molar-refractivity contribution in [3.8, 4) is 0 Å². The summed E-state index contributed by atoms with van der Waals surface area (Å²) < 4.78 is 6.63. The number of carbonyl (C=O) groups excluding carboxylic acids is 2. The van der Waals surface area contributed by atoms with Crippen LogP contribution in [0.5, 0.6) is 0 Å². The predicted octanol–water partition coefficient (Wildman–Crippen LogP) is 1.87. The Kier molecular flexibility index (Phi) is 5.65. The van der Waals surface area contributed by atoms with E-state index in [1.54, 1.807) is 35.3 Å². The van der Waals surface area contributed by atoms with E-state index >= 15 is 0 Å². The Hall–Kier alpha value is -2.70. The summed E-state index contributed by atoms with van der Waals surface area (Å²) in [6.07, 6.45) is 4.06. The molecule has 0 saturated carbocycles. The molecular weight excluding hydrogens is 284 g/mol. The number of esters is 1. The SMILES string of the molecule is CCCOC(=O)c1ccc(NC(=O)CCn2cncn2)cc1. The van der Waals surface area contributed by atoms with Crippen LogP contribution in [0, 0.1) is 0 Å². The number of nitrogens with zero attached hydrogens (tertiary/aromatic N) is 3. The van der Waals surface area contributed by atoms with E-state index in [4.69, 9.17) is 4.74 Å². The van der Waals surface area contributed by atoms with Crippen LogP contribution in [0.4, 0.5) is 5.69 Å². The van der Waals surface area contributed by atoms with Crippen LogP contribution < -0.4 is 5.32 Å². The van der Waals surface area contributed by atoms with Gasteiger partial charge in [-0.05, 0) is 30.7 Å². The van der Waals surface area contributed by atoms with E-state index in [1.807, 2.05) is 6.92 Å². The number of hydrogen-bond acceptors (Lipinski definition) is 5. The predicted molar refractivity (Wildman–Crippen MR) is 80.3 cm³/mol. The fraction of sp³-hybridized carbons (Fsp3) is 0.333. The molecule has 0 radical (unpaired) electrons. The molecule has 0 unspecified atom stereocenters. The van der Waals surface area contributed by atoms with Crippen molar-refractivity contribution in [1.82, 2.24) is 14.8 Å². The van der Waals surface area contributed by atoms with Gasteiger partial charge in [0.1, 0.15) is 12.7 Å². The van der Waals surface area contributed by atoms with E-state index in [2.05, 4.69) is 15.4 Å². The molecule has 0 bridgehead atoms. The second-order valence-corrected chi connectivity index (χ2v) is 4.67. The van der Waals surface area contributed by atoms with Crippen molar-refractivity contribution >= 4 is 17.6 Å². The zero-order valence-corrected chi connectivity index (χ0v) is 12.4. The maximum absolute atomic E-state index is 11.8. The Morgan fingerprint density at radius 3 is 2.68 bits per heavy atom. The van der Waals surface area contributed by atoms with Gasteiger partial charge in [-0.3, -0.25) is 9.48 Å². The number of carbonyl (C=O) groups is 2. The van der Waals surface area contributed by atoms with Crippen LogP contribution in [-0.4, -0.2) is 33.2 Å². The molecule has 1 N–H and O–H groups in total. The van der Waals surface area contributed by atoms with Crippen LogP contribution in [0.2, 0.25) is 0 Å². The molecule has 0 fully saturated rings. The maximum atomic E-state index is 11.8. The topological polar surface area (TPSA) is 86.1 Å². The first-order chi connectivity index (χ1) is 10.7. The summed E-state index contributed by atoms with van der Waals surface area (Å²) in [4.78, 5) is 27.3. The second-order valence-electron chi connectivity index (χ2n) is 4.67. The van der Waals surface area contributed by atoms with Gasteiger partial charge in [-0.15, -0.1) is 0 Å². The van der Waals surface area contributed by atoms with Crippen LogP contribution in [0.3, 0.4) is 0 Å². The van der Waals surface area contributed by atoms with Crippen LogP contribution in [0.25, 0.3) is 0 Å². The lowest BCUT2D eigenvalue weighted by Crippen LogP contribution is -2.15. The number of ether oxygens (including phenoxy) is 1. The first-order valence-electron chi connectivity index (χ1n) is 7.08. The molecule has 7 nitrogen and oxygen atoms in total. The molecule has 0 aliphatic rings. The maximum Gasteiger partial charge on any atom is 0.338 e. The van der Waals surface area contributed by atoms with Crippen LogP contribution in [0.15, 0.2) is 36.9 Å². The zero-order chi connectivity index (χ0) is 15.8. The molecule has 2 aromatic rings. The van der Waals surface area contributed by atoms with E-state index in [9.17, 15) is 9.59 Å². The minimum absolute atomic E-state index is 0.128. The summed E-state index contributed by atoms with van der Waals surface area (Å²) in [5.41, 5.74) is 1.10. The number of benzene rings is 1. The van der Waals surface area contributed by atoms with Crippen molar-refractivity contribution in [3.05, 3.63) is 42.5 Å². The first kappa shape index (κ1) is 15.7. The number of nitrogens with one attached hydrogen (secondary N) is 1. The molecule has 1 amide bonds. The summed E-state index contributed by atoms with van der Waals surface area (Å²) in [6, 6.07) is 6.61. The smallest absolute Gasteiger partial charge is 0.338 e. The molecule has 1 aromatic carbocycles. The van der Waals surface area contributed by atoms with Gasteiger partial charge in [0.05, 0.1) is 18.7 Å². The van der Waals surface area contributed by atoms with Gasteiger partial charge in [-0.25, -0.2) is 9.78 Å². The minimum Gasteiger partial charge on any atom is -0.462 e. The summed E-state index contributed by atoms with van der Waals surface area (Å²) in [7, 11) is 0. The van der Waals surface area contributed by atoms with Gasteiger partial charge in [0.25, 0.3) is 0 Å². The third-order valence-corrected chi connectivity index (χ3v) is 2.88. The monoisotopic (exact) mass is 302 g/mol. The highest BCUT2D eigenvalue weighted by atomic mass is 16.5. The highest BCUT2D eigenvalue weighted by Gasteiger charge is 2.07. The normalized spacial score (nSPS) is 10.2. The van der Waals surface area contributed by atoms with Crippen molar-refractivity contribution in [2.24, 2.45) is 0 Å². The fourth-order valence-corrected chi connectivity index (χ4v) is 1.76. The number of rotatable bonds is 7. The van der Waals surface area contributed by atoms with Gasteiger partial charge in [0.15, 0.2) is 0 Å². The van der Waals surface area contributed by atoms with Gasteiger partial charge < -0.3 is 10.1 Å². The Labute approximate surface area is 128 Å². The molecule has 0 spiro atoms. The molecule has 0 aliphatic carbocycles. The van der Waals surface area contributed by atoms with Crippen LogP contribution in [-0.2, 0) is 16.1 Å².